The van der Waals surface area contributed by atoms with Crippen molar-refractivity contribution in [1.82, 2.24) is 15.2 Å². The van der Waals surface area contributed by atoms with Crippen LogP contribution in [0.2, 0.25) is 0 Å². The van der Waals surface area contributed by atoms with Crippen LogP contribution in [-0.2, 0) is 0 Å². The molecular weight excluding hydrogens is 346 g/mol. The Bertz CT molecular complexity index is 835. The number of likely N-dealkylation sites (N-methyl/N-ethyl adjacent to an activating group) is 1. The van der Waals surface area contributed by atoms with E-state index in [4.69, 9.17) is 4.74 Å². The Morgan fingerprint density at radius 3 is 2.65 bits per heavy atom. The molecule has 0 spiro atoms. The quantitative estimate of drug-likeness (QED) is 0.687. The monoisotopic (exact) mass is 367 g/mol. The smallest absolute Gasteiger partial charge is 0.256 e. The number of nitrogens with one attached hydrogen (secondary N) is 1. The summed E-state index contributed by atoms with van der Waals surface area (Å²) in [5.41, 5.74) is 0.417. The van der Waals surface area contributed by atoms with Crippen molar-refractivity contribution in [2.24, 2.45) is 0 Å². The van der Waals surface area contributed by atoms with Crippen molar-refractivity contribution in [3.05, 3.63) is 76.6 Å². The van der Waals surface area contributed by atoms with Crippen LogP contribution < -0.4 is 10.1 Å². The van der Waals surface area contributed by atoms with Crippen molar-refractivity contribution >= 4 is 17.2 Å². The lowest BCUT2D eigenvalue weighted by molar-refractivity contribution is 0.0939. The maximum atomic E-state index is 12.7. The third-order valence-electron chi connectivity index (χ3n) is 3.92. The average molecular weight is 367 g/mol. The minimum Gasteiger partial charge on any atom is -0.438 e. The molecular formula is C20H21N3O2S. The summed E-state index contributed by atoms with van der Waals surface area (Å²) in [5.74, 6) is 0.742. The molecule has 5 nitrogen and oxygen atoms in total. The van der Waals surface area contributed by atoms with E-state index in [0.717, 1.165) is 0 Å². The molecule has 1 N–H and O–H groups in total. The zero-order chi connectivity index (χ0) is 18.4. The minimum atomic E-state index is -0.201. The van der Waals surface area contributed by atoms with E-state index in [1.807, 2.05) is 55.9 Å². The van der Waals surface area contributed by atoms with Gasteiger partial charge in [-0.15, -0.1) is 11.3 Å². The second kappa shape index (κ2) is 8.60. The predicted molar refractivity (Wildman–Crippen MR) is 104 cm³/mol. The number of ether oxygens (including phenoxy) is 1. The molecule has 0 aliphatic carbocycles. The summed E-state index contributed by atoms with van der Waals surface area (Å²) in [6.07, 6.45) is 1.61. The van der Waals surface area contributed by atoms with Crippen molar-refractivity contribution in [2.45, 2.75) is 6.04 Å². The number of benzene rings is 1. The number of rotatable bonds is 7. The van der Waals surface area contributed by atoms with Crippen LogP contribution in [0, 0.1) is 0 Å². The van der Waals surface area contributed by atoms with Crippen LogP contribution in [0.15, 0.2) is 66.2 Å². The van der Waals surface area contributed by atoms with Crippen molar-refractivity contribution in [2.75, 3.05) is 20.6 Å². The highest BCUT2D eigenvalue weighted by atomic mass is 32.1. The Morgan fingerprint density at radius 1 is 1.15 bits per heavy atom. The van der Waals surface area contributed by atoms with E-state index in [1.54, 1.807) is 29.7 Å². The summed E-state index contributed by atoms with van der Waals surface area (Å²) < 4.78 is 5.78. The van der Waals surface area contributed by atoms with Gasteiger partial charge >= 0.3 is 0 Å². The minimum absolute atomic E-state index is 0.120. The van der Waals surface area contributed by atoms with E-state index in [2.05, 4.69) is 21.3 Å². The number of carbonyl (C=O) groups excluding carboxylic acids is 1. The van der Waals surface area contributed by atoms with Gasteiger partial charge in [0, 0.05) is 17.6 Å². The van der Waals surface area contributed by atoms with Crippen molar-refractivity contribution in [3.63, 3.8) is 0 Å². The zero-order valence-electron chi connectivity index (χ0n) is 14.8. The molecule has 3 rings (SSSR count). The molecule has 2 aromatic heterocycles. The molecule has 1 atom stereocenters. The lowest BCUT2D eigenvalue weighted by Crippen LogP contribution is -2.34. The SMILES string of the molecule is CN(C)C(CNC(=O)c1cccnc1Oc1ccccc1)c1cccs1. The van der Waals surface area contributed by atoms with E-state index < -0.39 is 0 Å². The standard InChI is InChI=1S/C20H21N3O2S/c1-23(2)17(18-11-7-13-26-18)14-22-19(24)16-10-6-12-21-20(16)25-15-8-4-3-5-9-15/h3-13,17H,14H2,1-2H3,(H,22,24). The van der Waals surface area contributed by atoms with Gasteiger partial charge < -0.3 is 15.0 Å². The summed E-state index contributed by atoms with van der Waals surface area (Å²) in [6, 6.07) is 17.0. The summed E-state index contributed by atoms with van der Waals surface area (Å²) in [6.45, 7) is 0.506. The Morgan fingerprint density at radius 2 is 1.96 bits per heavy atom. The first-order valence-corrected chi connectivity index (χ1v) is 9.19. The fraction of sp³-hybridized carbons (Fsp3) is 0.200. The number of hydrogen-bond donors (Lipinski definition) is 1. The normalized spacial score (nSPS) is 12.0. The van der Waals surface area contributed by atoms with Crippen LogP contribution in [0.1, 0.15) is 21.3 Å². The van der Waals surface area contributed by atoms with Gasteiger partial charge in [0.25, 0.3) is 5.91 Å². The molecule has 0 saturated carbocycles. The molecule has 2 heterocycles. The van der Waals surface area contributed by atoms with Gasteiger partial charge in [-0.05, 0) is 49.8 Å². The summed E-state index contributed by atoms with van der Waals surface area (Å²) in [5, 5.41) is 5.04. The second-order valence-corrected chi connectivity index (χ2v) is 6.96. The van der Waals surface area contributed by atoms with Gasteiger partial charge in [-0.1, -0.05) is 24.3 Å². The number of para-hydroxylation sites is 1. The molecule has 0 bridgehead atoms. The Kier molecular flexibility index (Phi) is 5.99. The van der Waals surface area contributed by atoms with Gasteiger partial charge in [0.05, 0.1) is 6.04 Å². The number of hydrogen-bond acceptors (Lipinski definition) is 5. The molecule has 0 aliphatic rings. The average Bonchev–Trinajstić information content (AvgIpc) is 3.17. The van der Waals surface area contributed by atoms with Gasteiger partial charge in [0.1, 0.15) is 11.3 Å². The van der Waals surface area contributed by atoms with Crippen LogP contribution in [-0.4, -0.2) is 36.4 Å². The van der Waals surface area contributed by atoms with Crippen LogP contribution in [0.3, 0.4) is 0 Å². The molecule has 0 aliphatic heterocycles. The van der Waals surface area contributed by atoms with Gasteiger partial charge in [-0.2, -0.15) is 0 Å². The van der Waals surface area contributed by atoms with Crippen molar-refractivity contribution in [3.8, 4) is 11.6 Å². The maximum Gasteiger partial charge on any atom is 0.256 e. The van der Waals surface area contributed by atoms with E-state index in [1.165, 1.54) is 4.88 Å². The number of pyridine rings is 1. The topological polar surface area (TPSA) is 54.5 Å². The van der Waals surface area contributed by atoms with Gasteiger partial charge in [0.15, 0.2) is 0 Å². The Labute approximate surface area is 157 Å². The Balaban J connectivity index is 1.72. The van der Waals surface area contributed by atoms with E-state index >= 15 is 0 Å². The highest BCUT2D eigenvalue weighted by Crippen LogP contribution is 2.24. The van der Waals surface area contributed by atoms with Crippen LogP contribution in [0.4, 0.5) is 0 Å². The molecule has 6 heteroatoms. The highest BCUT2D eigenvalue weighted by molar-refractivity contribution is 7.10. The van der Waals surface area contributed by atoms with E-state index in [9.17, 15) is 4.79 Å². The van der Waals surface area contributed by atoms with E-state index in [0.29, 0.717) is 23.7 Å². The summed E-state index contributed by atoms with van der Waals surface area (Å²) in [7, 11) is 4.01. The summed E-state index contributed by atoms with van der Waals surface area (Å²) >= 11 is 1.68. The van der Waals surface area contributed by atoms with Gasteiger partial charge in [-0.25, -0.2) is 4.98 Å². The number of thiophene rings is 1. The third kappa shape index (κ3) is 4.47. The third-order valence-corrected chi connectivity index (χ3v) is 4.90. The molecule has 26 heavy (non-hydrogen) atoms. The lowest BCUT2D eigenvalue weighted by atomic mass is 10.2. The highest BCUT2D eigenvalue weighted by Gasteiger charge is 2.19. The van der Waals surface area contributed by atoms with Crippen LogP contribution in [0.25, 0.3) is 0 Å². The molecule has 3 aromatic rings. The molecule has 0 saturated heterocycles. The van der Waals surface area contributed by atoms with Gasteiger partial charge in [-0.3, -0.25) is 4.79 Å². The molecule has 0 fully saturated rings. The number of carbonyl (C=O) groups is 1. The maximum absolute atomic E-state index is 12.7. The number of aromatic nitrogens is 1. The van der Waals surface area contributed by atoms with Crippen LogP contribution in [0.5, 0.6) is 11.6 Å². The molecule has 0 radical (unpaired) electrons. The predicted octanol–water partition coefficient (Wildman–Crippen LogP) is 3.97. The first-order valence-electron chi connectivity index (χ1n) is 8.31. The van der Waals surface area contributed by atoms with Gasteiger partial charge in [0.2, 0.25) is 5.88 Å². The van der Waals surface area contributed by atoms with Crippen molar-refractivity contribution in [1.29, 1.82) is 0 Å². The first kappa shape index (κ1) is 18.1. The molecule has 134 valence electrons. The lowest BCUT2D eigenvalue weighted by Gasteiger charge is -2.23. The first-order chi connectivity index (χ1) is 12.6. The number of amides is 1. The summed E-state index contributed by atoms with van der Waals surface area (Å²) in [4.78, 5) is 20.2. The molecule has 1 amide bonds. The zero-order valence-corrected chi connectivity index (χ0v) is 15.6. The molecule has 1 aromatic carbocycles. The van der Waals surface area contributed by atoms with E-state index in [-0.39, 0.29) is 11.9 Å². The number of nitrogens with zero attached hydrogens (tertiary/aromatic N) is 2. The van der Waals surface area contributed by atoms with Crippen LogP contribution >= 0.6 is 11.3 Å². The molecule has 1 unspecified atom stereocenters. The fourth-order valence-corrected chi connectivity index (χ4v) is 3.47. The largest absolute Gasteiger partial charge is 0.438 e. The fourth-order valence-electron chi connectivity index (χ4n) is 2.55. The second-order valence-electron chi connectivity index (χ2n) is 5.98. The Hall–Kier alpha value is -2.70. The van der Waals surface area contributed by atoms with Crippen molar-refractivity contribution < 1.29 is 9.53 Å².